The maximum absolute atomic E-state index is 13.0. The predicted octanol–water partition coefficient (Wildman–Crippen LogP) is 4.20. The first kappa shape index (κ1) is 15.0. The minimum atomic E-state index is -0.352. The Kier molecular flexibility index (Phi) is 4.43. The van der Waals surface area contributed by atoms with Gasteiger partial charge in [-0.2, -0.15) is 0 Å². The Balaban J connectivity index is 1.77. The summed E-state index contributed by atoms with van der Waals surface area (Å²) in [6.07, 6.45) is 5.42. The quantitative estimate of drug-likeness (QED) is 0.921. The summed E-state index contributed by atoms with van der Waals surface area (Å²) in [4.78, 5) is 12.3. The van der Waals surface area contributed by atoms with E-state index in [-0.39, 0.29) is 34.2 Å². The Morgan fingerprint density at radius 1 is 1.23 bits per heavy atom. The fraction of sp³-hybridized carbons (Fsp3) is 0.375. The van der Waals surface area contributed by atoms with E-state index in [4.69, 9.17) is 16.1 Å². The van der Waals surface area contributed by atoms with Gasteiger partial charge in [-0.25, -0.2) is 4.39 Å². The first-order chi connectivity index (χ1) is 10.6. The zero-order valence-electron chi connectivity index (χ0n) is 11.9. The van der Waals surface area contributed by atoms with E-state index in [0.717, 1.165) is 25.7 Å². The van der Waals surface area contributed by atoms with E-state index < -0.39 is 0 Å². The molecule has 1 fully saturated rings. The molecule has 1 amide bonds. The second kappa shape index (κ2) is 6.48. The third-order valence-electron chi connectivity index (χ3n) is 3.90. The summed E-state index contributed by atoms with van der Waals surface area (Å²) in [5.74, 6) is -0.404. The van der Waals surface area contributed by atoms with Crippen molar-refractivity contribution in [1.82, 2.24) is 10.5 Å². The molecular formula is C16H16ClFN2O2. The SMILES string of the molecule is O=C(NC1CCCCC1)c1noc(-c2ccc(F)cc2)c1Cl. The number of carbonyl (C=O) groups is 1. The highest BCUT2D eigenvalue weighted by Crippen LogP contribution is 2.31. The average molecular weight is 323 g/mol. The number of benzene rings is 1. The van der Waals surface area contributed by atoms with Crippen LogP contribution in [0.25, 0.3) is 11.3 Å². The number of carbonyl (C=O) groups excluding carboxylic acids is 1. The van der Waals surface area contributed by atoms with Crippen molar-refractivity contribution in [3.05, 3.63) is 40.8 Å². The molecule has 0 radical (unpaired) electrons. The monoisotopic (exact) mass is 322 g/mol. The maximum Gasteiger partial charge on any atom is 0.275 e. The van der Waals surface area contributed by atoms with E-state index in [1.807, 2.05) is 0 Å². The highest BCUT2D eigenvalue weighted by atomic mass is 35.5. The van der Waals surface area contributed by atoms with Crippen LogP contribution >= 0.6 is 11.6 Å². The Morgan fingerprint density at radius 2 is 1.91 bits per heavy atom. The van der Waals surface area contributed by atoms with Crippen molar-refractivity contribution in [2.24, 2.45) is 0 Å². The molecule has 1 aromatic heterocycles. The van der Waals surface area contributed by atoms with Gasteiger partial charge in [0.25, 0.3) is 5.91 Å². The second-order valence-electron chi connectivity index (χ2n) is 5.49. The Labute approximate surface area is 132 Å². The summed E-state index contributed by atoms with van der Waals surface area (Å²) in [5, 5.41) is 6.86. The van der Waals surface area contributed by atoms with Gasteiger partial charge < -0.3 is 9.84 Å². The van der Waals surface area contributed by atoms with Gasteiger partial charge in [-0.3, -0.25) is 4.79 Å². The summed E-state index contributed by atoms with van der Waals surface area (Å²) in [6.45, 7) is 0. The highest BCUT2D eigenvalue weighted by molar-refractivity contribution is 6.35. The maximum atomic E-state index is 13.0. The molecule has 3 rings (SSSR count). The van der Waals surface area contributed by atoms with Gasteiger partial charge in [0, 0.05) is 11.6 Å². The van der Waals surface area contributed by atoms with Crippen molar-refractivity contribution in [1.29, 1.82) is 0 Å². The van der Waals surface area contributed by atoms with Gasteiger partial charge in [-0.1, -0.05) is 36.0 Å². The summed E-state index contributed by atoms with van der Waals surface area (Å²) >= 11 is 6.20. The number of hydrogen-bond acceptors (Lipinski definition) is 3. The lowest BCUT2D eigenvalue weighted by Gasteiger charge is -2.22. The van der Waals surface area contributed by atoms with Gasteiger partial charge >= 0.3 is 0 Å². The Bertz CT molecular complexity index is 663. The summed E-state index contributed by atoms with van der Waals surface area (Å²) in [7, 11) is 0. The minimum absolute atomic E-state index is 0.0755. The first-order valence-corrected chi connectivity index (χ1v) is 7.75. The smallest absolute Gasteiger partial charge is 0.275 e. The summed E-state index contributed by atoms with van der Waals surface area (Å²) < 4.78 is 18.1. The molecule has 1 aliphatic carbocycles. The predicted molar refractivity (Wildman–Crippen MR) is 81.2 cm³/mol. The second-order valence-corrected chi connectivity index (χ2v) is 5.87. The van der Waals surface area contributed by atoms with Crippen molar-refractivity contribution in [2.45, 2.75) is 38.1 Å². The molecule has 0 bridgehead atoms. The fourth-order valence-electron chi connectivity index (χ4n) is 2.70. The molecule has 6 heteroatoms. The lowest BCUT2D eigenvalue weighted by atomic mass is 9.95. The van der Waals surface area contributed by atoms with Crippen LogP contribution in [-0.2, 0) is 0 Å². The van der Waals surface area contributed by atoms with Gasteiger partial charge in [-0.05, 0) is 37.1 Å². The molecule has 116 valence electrons. The number of nitrogens with zero attached hydrogens (tertiary/aromatic N) is 1. The number of nitrogens with one attached hydrogen (secondary N) is 1. The molecule has 1 aromatic carbocycles. The van der Waals surface area contributed by atoms with Crippen LogP contribution in [0.1, 0.15) is 42.6 Å². The molecule has 0 saturated heterocycles. The number of aromatic nitrogens is 1. The third kappa shape index (κ3) is 3.14. The zero-order chi connectivity index (χ0) is 15.5. The van der Waals surface area contributed by atoms with Crippen molar-refractivity contribution < 1.29 is 13.7 Å². The zero-order valence-corrected chi connectivity index (χ0v) is 12.7. The Morgan fingerprint density at radius 3 is 2.59 bits per heavy atom. The summed E-state index contributed by atoms with van der Waals surface area (Å²) in [6, 6.07) is 5.84. The molecule has 0 aliphatic heterocycles. The minimum Gasteiger partial charge on any atom is -0.354 e. The van der Waals surface area contributed by atoms with Crippen LogP contribution < -0.4 is 5.32 Å². The summed E-state index contributed by atoms with van der Waals surface area (Å²) in [5.41, 5.74) is 0.655. The van der Waals surface area contributed by atoms with Crippen molar-refractivity contribution in [3.63, 3.8) is 0 Å². The van der Waals surface area contributed by atoms with E-state index in [2.05, 4.69) is 10.5 Å². The molecule has 2 aromatic rings. The van der Waals surface area contributed by atoms with Crippen molar-refractivity contribution in [3.8, 4) is 11.3 Å². The van der Waals surface area contributed by atoms with Gasteiger partial charge in [0.2, 0.25) is 0 Å². The third-order valence-corrected chi connectivity index (χ3v) is 4.25. The molecular weight excluding hydrogens is 307 g/mol. The van der Waals surface area contributed by atoms with Crippen LogP contribution in [0.5, 0.6) is 0 Å². The van der Waals surface area contributed by atoms with Crippen LogP contribution in [0, 0.1) is 5.82 Å². The van der Waals surface area contributed by atoms with Crippen LogP contribution in [0.15, 0.2) is 28.8 Å². The number of amides is 1. The van der Waals surface area contributed by atoms with E-state index >= 15 is 0 Å². The molecule has 1 saturated carbocycles. The lowest BCUT2D eigenvalue weighted by Crippen LogP contribution is -2.36. The van der Waals surface area contributed by atoms with Crippen LogP contribution in [0.2, 0.25) is 5.02 Å². The molecule has 22 heavy (non-hydrogen) atoms. The van der Waals surface area contributed by atoms with Gasteiger partial charge in [0.1, 0.15) is 10.8 Å². The van der Waals surface area contributed by atoms with E-state index in [1.54, 1.807) is 0 Å². The number of halogens is 2. The van der Waals surface area contributed by atoms with Gasteiger partial charge in [-0.15, -0.1) is 0 Å². The average Bonchev–Trinajstić information content (AvgIpc) is 2.91. The van der Waals surface area contributed by atoms with E-state index in [1.165, 1.54) is 30.7 Å². The molecule has 1 N–H and O–H groups in total. The molecule has 4 nitrogen and oxygen atoms in total. The molecule has 0 unspecified atom stereocenters. The largest absolute Gasteiger partial charge is 0.354 e. The normalized spacial score (nSPS) is 15.7. The van der Waals surface area contributed by atoms with Crippen molar-refractivity contribution in [2.75, 3.05) is 0 Å². The van der Waals surface area contributed by atoms with Crippen LogP contribution in [0.3, 0.4) is 0 Å². The fourth-order valence-corrected chi connectivity index (χ4v) is 2.97. The molecule has 1 aliphatic rings. The van der Waals surface area contributed by atoms with E-state index in [0.29, 0.717) is 5.56 Å². The van der Waals surface area contributed by atoms with Crippen LogP contribution in [0.4, 0.5) is 4.39 Å². The van der Waals surface area contributed by atoms with Crippen LogP contribution in [-0.4, -0.2) is 17.1 Å². The lowest BCUT2D eigenvalue weighted by molar-refractivity contribution is 0.0919. The molecule has 1 heterocycles. The standard InChI is InChI=1S/C16H16ClFN2O2/c17-13-14(16(21)19-12-4-2-1-3-5-12)20-22-15(13)10-6-8-11(18)9-7-10/h6-9,12H,1-5H2,(H,19,21). The Hall–Kier alpha value is -1.88. The van der Waals surface area contributed by atoms with E-state index in [9.17, 15) is 9.18 Å². The highest BCUT2D eigenvalue weighted by Gasteiger charge is 2.24. The van der Waals surface area contributed by atoms with Gasteiger partial charge in [0.15, 0.2) is 11.5 Å². The number of rotatable bonds is 3. The first-order valence-electron chi connectivity index (χ1n) is 7.37. The van der Waals surface area contributed by atoms with Crippen molar-refractivity contribution >= 4 is 17.5 Å². The number of hydrogen-bond donors (Lipinski definition) is 1. The van der Waals surface area contributed by atoms with Gasteiger partial charge in [0.05, 0.1) is 0 Å². The molecule has 0 spiro atoms. The topological polar surface area (TPSA) is 55.1 Å². The molecule has 0 atom stereocenters.